The van der Waals surface area contributed by atoms with Gasteiger partial charge in [0.15, 0.2) is 11.6 Å². The van der Waals surface area contributed by atoms with E-state index in [9.17, 15) is 13.2 Å². The van der Waals surface area contributed by atoms with Gasteiger partial charge in [-0.05, 0) is 32.6 Å². The van der Waals surface area contributed by atoms with Crippen molar-refractivity contribution in [2.24, 2.45) is 5.92 Å². The summed E-state index contributed by atoms with van der Waals surface area (Å²) in [5.74, 6) is 0.875. The number of ether oxygens (including phenoxy) is 2. The molecule has 11 heteroatoms. The summed E-state index contributed by atoms with van der Waals surface area (Å²) in [6.45, 7) is 3.03. The van der Waals surface area contributed by atoms with Crippen molar-refractivity contribution in [2.45, 2.75) is 50.9 Å². The number of alkyl halides is 3. The van der Waals surface area contributed by atoms with E-state index in [0.717, 1.165) is 31.2 Å². The van der Waals surface area contributed by atoms with Gasteiger partial charge in [0, 0.05) is 24.8 Å². The lowest BCUT2D eigenvalue weighted by atomic mass is 9.93. The number of aryl methyl sites for hydroxylation is 1. The van der Waals surface area contributed by atoms with Crippen LogP contribution in [-0.2, 0) is 10.9 Å². The molecule has 5 rings (SSSR count). The monoisotopic (exact) mass is 424 g/mol. The quantitative estimate of drug-likeness (QED) is 0.722. The van der Waals surface area contributed by atoms with Gasteiger partial charge >= 0.3 is 6.18 Å². The normalized spacial score (nSPS) is 24.3. The molecule has 2 aliphatic heterocycles. The van der Waals surface area contributed by atoms with Gasteiger partial charge in [0.1, 0.15) is 17.1 Å². The summed E-state index contributed by atoms with van der Waals surface area (Å²) < 4.78 is 54.3. The molecule has 1 saturated carbocycles. The first kappa shape index (κ1) is 19.4. The highest BCUT2D eigenvalue weighted by Crippen LogP contribution is 2.41. The fourth-order valence-corrected chi connectivity index (χ4v) is 4.10. The number of rotatable bonds is 1. The number of fused-ring (bicyclic) bond motifs is 4. The molecule has 2 atom stereocenters. The molecule has 4 heterocycles. The van der Waals surface area contributed by atoms with Crippen LogP contribution in [0.25, 0.3) is 0 Å². The molecule has 0 spiro atoms. The highest BCUT2D eigenvalue weighted by atomic mass is 19.4. The predicted octanol–water partition coefficient (Wildman–Crippen LogP) is 3.68. The molecular formula is C19H23F3N6O2. The van der Waals surface area contributed by atoms with Crippen molar-refractivity contribution in [3.05, 3.63) is 17.5 Å². The first-order chi connectivity index (χ1) is 14.4. The zero-order chi connectivity index (χ0) is 20.9. The highest BCUT2D eigenvalue weighted by Gasteiger charge is 2.38. The average molecular weight is 424 g/mol. The maximum absolute atomic E-state index is 13.6. The van der Waals surface area contributed by atoms with Crippen molar-refractivity contribution < 1.29 is 22.6 Å². The fraction of sp³-hybridized carbons (Fsp3) is 0.632. The number of nitrogens with one attached hydrogen (secondary N) is 2. The minimum Gasteiger partial charge on any atom is -0.487 e. The highest BCUT2D eigenvalue weighted by molar-refractivity contribution is 5.62. The average Bonchev–Trinajstić information content (AvgIpc) is 2.92. The second-order valence-electron chi connectivity index (χ2n) is 8.06. The Labute approximate surface area is 171 Å². The van der Waals surface area contributed by atoms with Gasteiger partial charge < -0.3 is 20.1 Å². The lowest BCUT2D eigenvalue weighted by Crippen LogP contribution is -2.41. The van der Waals surface area contributed by atoms with Crippen LogP contribution in [0, 0.1) is 12.8 Å². The van der Waals surface area contributed by atoms with Crippen LogP contribution in [-0.4, -0.2) is 45.6 Å². The van der Waals surface area contributed by atoms with Crippen molar-refractivity contribution in [3.63, 3.8) is 0 Å². The maximum atomic E-state index is 13.6. The van der Waals surface area contributed by atoms with Crippen LogP contribution >= 0.6 is 0 Å². The summed E-state index contributed by atoms with van der Waals surface area (Å²) in [7, 11) is 0. The molecule has 2 N–H and O–H groups in total. The SMILES string of the molecule is Cc1nn(C2CCC2)c2c1OC[C@@H]1COCC[C@H]1Nc1nc(ncc1C(F)(F)F)N2. The molecule has 2 fully saturated rings. The van der Waals surface area contributed by atoms with E-state index in [-0.39, 0.29) is 29.8 Å². The van der Waals surface area contributed by atoms with E-state index in [4.69, 9.17) is 9.47 Å². The topological polar surface area (TPSA) is 86.1 Å². The molecule has 2 bridgehead atoms. The number of aromatic nitrogens is 4. The van der Waals surface area contributed by atoms with E-state index < -0.39 is 11.7 Å². The van der Waals surface area contributed by atoms with E-state index in [1.807, 2.05) is 11.6 Å². The molecule has 162 valence electrons. The minimum absolute atomic E-state index is 0.0707. The molecule has 1 aliphatic carbocycles. The number of hydrogen-bond donors (Lipinski definition) is 2. The molecule has 3 aliphatic rings. The standard InChI is InChI=1S/C19H23F3N6O2/c1-10-15-17(28(27-10)12-3-2-4-12)26-18-23-7-13(19(20,21)22)16(25-18)24-14-5-6-29-8-11(14)9-30-15/h7,11-12,14H,2-6,8-9H2,1H3,(H2,23,24,25,26)/t11-,14+/m0/s1. The Hall–Kier alpha value is -2.56. The maximum Gasteiger partial charge on any atom is 0.421 e. The molecule has 8 nitrogen and oxygen atoms in total. The summed E-state index contributed by atoms with van der Waals surface area (Å²) in [4.78, 5) is 8.13. The van der Waals surface area contributed by atoms with Crippen LogP contribution in [0.4, 0.5) is 30.8 Å². The van der Waals surface area contributed by atoms with Gasteiger partial charge in [0.05, 0.1) is 19.3 Å². The van der Waals surface area contributed by atoms with Crippen molar-refractivity contribution in [2.75, 3.05) is 30.5 Å². The lowest BCUT2D eigenvalue weighted by Gasteiger charge is -2.32. The lowest BCUT2D eigenvalue weighted by molar-refractivity contribution is -0.137. The summed E-state index contributed by atoms with van der Waals surface area (Å²) in [5, 5.41) is 10.7. The van der Waals surface area contributed by atoms with Crippen molar-refractivity contribution in [1.29, 1.82) is 0 Å². The zero-order valence-corrected chi connectivity index (χ0v) is 16.5. The van der Waals surface area contributed by atoms with Gasteiger partial charge in [-0.1, -0.05) is 0 Å². The Bertz CT molecular complexity index is 943. The zero-order valence-electron chi connectivity index (χ0n) is 16.5. The van der Waals surface area contributed by atoms with Gasteiger partial charge in [-0.15, -0.1) is 0 Å². The molecule has 1 saturated heterocycles. The fourth-order valence-electron chi connectivity index (χ4n) is 4.10. The molecule has 30 heavy (non-hydrogen) atoms. The molecule has 2 aromatic rings. The Morgan fingerprint density at radius 2 is 2.03 bits per heavy atom. The Morgan fingerprint density at radius 1 is 1.20 bits per heavy atom. The Kier molecular flexibility index (Phi) is 4.72. The third-order valence-corrected chi connectivity index (χ3v) is 6.01. The molecule has 0 unspecified atom stereocenters. The predicted molar refractivity (Wildman–Crippen MR) is 102 cm³/mol. The van der Waals surface area contributed by atoms with E-state index in [2.05, 4.69) is 25.7 Å². The largest absolute Gasteiger partial charge is 0.487 e. The molecule has 2 aromatic heterocycles. The second kappa shape index (κ2) is 7.29. The van der Waals surface area contributed by atoms with E-state index >= 15 is 0 Å². The van der Waals surface area contributed by atoms with Gasteiger partial charge in [-0.2, -0.15) is 23.3 Å². The molecule has 0 radical (unpaired) electrons. The van der Waals surface area contributed by atoms with E-state index in [1.165, 1.54) is 0 Å². The summed E-state index contributed by atoms with van der Waals surface area (Å²) in [6, 6.07) is -0.0300. The van der Waals surface area contributed by atoms with Crippen LogP contribution in [0.5, 0.6) is 5.75 Å². The molecule has 0 aromatic carbocycles. The molecular weight excluding hydrogens is 401 g/mol. The van der Waals surface area contributed by atoms with Gasteiger partial charge in [-0.25, -0.2) is 9.67 Å². The number of halogens is 3. The van der Waals surface area contributed by atoms with E-state index in [0.29, 0.717) is 37.8 Å². The first-order valence-corrected chi connectivity index (χ1v) is 10.2. The van der Waals surface area contributed by atoms with Crippen LogP contribution < -0.4 is 15.4 Å². The molecule has 0 amide bonds. The van der Waals surface area contributed by atoms with Gasteiger partial charge in [-0.3, -0.25) is 0 Å². The first-order valence-electron chi connectivity index (χ1n) is 10.2. The summed E-state index contributed by atoms with van der Waals surface area (Å²) >= 11 is 0. The Balaban J connectivity index is 1.61. The van der Waals surface area contributed by atoms with Crippen molar-refractivity contribution in [3.8, 4) is 5.75 Å². The van der Waals surface area contributed by atoms with E-state index in [1.54, 1.807) is 0 Å². The third-order valence-electron chi connectivity index (χ3n) is 6.01. The smallest absolute Gasteiger partial charge is 0.421 e. The van der Waals surface area contributed by atoms with Crippen LogP contribution in [0.2, 0.25) is 0 Å². The second-order valence-corrected chi connectivity index (χ2v) is 8.06. The van der Waals surface area contributed by atoms with Crippen LogP contribution in [0.15, 0.2) is 6.20 Å². The Morgan fingerprint density at radius 3 is 2.77 bits per heavy atom. The third kappa shape index (κ3) is 3.44. The van der Waals surface area contributed by atoms with Crippen molar-refractivity contribution >= 4 is 17.6 Å². The number of nitrogens with zero attached hydrogens (tertiary/aromatic N) is 4. The van der Waals surface area contributed by atoms with Crippen molar-refractivity contribution in [1.82, 2.24) is 19.7 Å². The number of hydrogen-bond acceptors (Lipinski definition) is 7. The van der Waals surface area contributed by atoms with Gasteiger partial charge in [0.2, 0.25) is 5.95 Å². The van der Waals surface area contributed by atoms with Crippen LogP contribution in [0.3, 0.4) is 0 Å². The minimum atomic E-state index is -4.56. The number of anilines is 3. The van der Waals surface area contributed by atoms with Crippen LogP contribution in [0.1, 0.15) is 43.0 Å². The summed E-state index contributed by atoms with van der Waals surface area (Å²) in [5.41, 5.74) is -0.167. The van der Waals surface area contributed by atoms with Gasteiger partial charge in [0.25, 0.3) is 0 Å². The summed E-state index contributed by atoms with van der Waals surface area (Å²) in [6.07, 6.45) is -0.0751.